The van der Waals surface area contributed by atoms with Crippen LogP contribution >= 0.6 is 15.9 Å². The van der Waals surface area contributed by atoms with Crippen molar-refractivity contribution < 1.29 is 23.8 Å². The first kappa shape index (κ1) is 19.6. The van der Waals surface area contributed by atoms with Crippen molar-refractivity contribution in [2.75, 3.05) is 39.9 Å². The number of amides is 2. The number of ether oxygens (including phenoxy) is 3. The average Bonchev–Trinajstić information content (AvgIpc) is 2.78. The topological polar surface area (TPSA) is 68.3 Å². The van der Waals surface area contributed by atoms with Crippen molar-refractivity contribution in [2.24, 2.45) is 0 Å². The van der Waals surface area contributed by atoms with Gasteiger partial charge in [0.25, 0.3) is 11.8 Å². The second-order valence-corrected chi connectivity index (χ2v) is 7.68. The molecule has 2 amide bonds. The van der Waals surface area contributed by atoms with Crippen molar-refractivity contribution in [3.63, 3.8) is 0 Å². The Kier molecular flexibility index (Phi) is 5.62. The highest BCUT2D eigenvalue weighted by molar-refractivity contribution is 9.10. The third-order valence-corrected chi connectivity index (χ3v) is 5.76. The van der Waals surface area contributed by atoms with E-state index in [4.69, 9.17) is 14.2 Å². The molecule has 4 rings (SSSR count). The van der Waals surface area contributed by atoms with Crippen molar-refractivity contribution in [3.05, 3.63) is 52.5 Å². The van der Waals surface area contributed by atoms with E-state index in [1.165, 1.54) is 0 Å². The Balaban J connectivity index is 1.37. The minimum Gasteiger partial charge on any atom is -0.497 e. The van der Waals surface area contributed by atoms with Crippen LogP contribution in [-0.2, 0) is 4.79 Å². The summed E-state index contributed by atoms with van der Waals surface area (Å²) in [6.45, 7) is 2.00. The van der Waals surface area contributed by atoms with Crippen LogP contribution in [-0.4, -0.2) is 67.6 Å². The van der Waals surface area contributed by atoms with Gasteiger partial charge < -0.3 is 24.0 Å². The summed E-state index contributed by atoms with van der Waals surface area (Å²) in [5, 5.41) is 0. The van der Waals surface area contributed by atoms with Gasteiger partial charge in [-0.25, -0.2) is 0 Å². The first-order valence-electron chi connectivity index (χ1n) is 9.37. The van der Waals surface area contributed by atoms with Crippen molar-refractivity contribution >= 4 is 27.7 Å². The molecule has 0 N–H and O–H groups in total. The van der Waals surface area contributed by atoms with Gasteiger partial charge in [0.05, 0.1) is 12.7 Å². The zero-order valence-corrected chi connectivity index (χ0v) is 17.6. The maximum Gasteiger partial charge on any atom is 0.267 e. The fourth-order valence-electron chi connectivity index (χ4n) is 3.44. The number of carbonyl (C=O) groups excluding carboxylic acids is 2. The van der Waals surface area contributed by atoms with Crippen LogP contribution in [0.5, 0.6) is 17.2 Å². The van der Waals surface area contributed by atoms with Gasteiger partial charge in [-0.05, 0) is 46.3 Å². The smallest absolute Gasteiger partial charge is 0.267 e. The Morgan fingerprint density at radius 1 is 1.03 bits per heavy atom. The molecule has 2 aliphatic heterocycles. The van der Waals surface area contributed by atoms with Crippen LogP contribution in [0.4, 0.5) is 0 Å². The van der Waals surface area contributed by atoms with Crippen LogP contribution in [0, 0.1) is 0 Å². The third kappa shape index (κ3) is 4.03. The number of piperazine rings is 1. The summed E-state index contributed by atoms with van der Waals surface area (Å²) < 4.78 is 17.4. The Morgan fingerprint density at radius 2 is 1.72 bits per heavy atom. The highest BCUT2D eigenvalue weighted by atomic mass is 79.9. The largest absolute Gasteiger partial charge is 0.497 e. The molecule has 29 heavy (non-hydrogen) atoms. The predicted octanol–water partition coefficient (Wildman–Crippen LogP) is 2.58. The molecule has 0 saturated carbocycles. The maximum atomic E-state index is 12.9. The lowest BCUT2D eigenvalue weighted by atomic mass is 10.1. The molecule has 7 nitrogen and oxygen atoms in total. The Bertz CT molecular complexity index is 927. The van der Waals surface area contributed by atoms with E-state index in [9.17, 15) is 9.59 Å². The molecule has 0 radical (unpaired) electrons. The van der Waals surface area contributed by atoms with E-state index < -0.39 is 6.10 Å². The van der Waals surface area contributed by atoms with E-state index in [1.54, 1.807) is 41.2 Å². The molecule has 2 aromatic rings. The Hall–Kier alpha value is -2.74. The average molecular weight is 461 g/mol. The van der Waals surface area contributed by atoms with E-state index in [1.807, 2.05) is 18.2 Å². The van der Waals surface area contributed by atoms with Gasteiger partial charge in [-0.15, -0.1) is 0 Å². The third-order valence-electron chi connectivity index (χ3n) is 5.07. The molecule has 8 heteroatoms. The molecule has 1 unspecified atom stereocenters. The van der Waals surface area contributed by atoms with Gasteiger partial charge in [-0.1, -0.05) is 12.1 Å². The highest BCUT2D eigenvalue weighted by Crippen LogP contribution is 2.31. The Morgan fingerprint density at radius 3 is 2.45 bits per heavy atom. The molecule has 1 atom stereocenters. The first-order valence-corrected chi connectivity index (χ1v) is 10.2. The monoisotopic (exact) mass is 460 g/mol. The van der Waals surface area contributed by atoms with Gasteiger partial charge in [0.2, 0.25) is 6.10 Å². The minimum atomic E-state index is -0.667. The molecule has 2 aromatic carbocycles. The number of fused-ring (bicyclic) bond motifs is 1. The van der Waals surface area contributed by atoms with Gasteiger partial charge in [-0.3, -0.25) is 9.59 Å². The van der Waals surface area contributed by atoms with E-state index >= 15 is 0 Å². The minimum absolute atomic E-state index is 0.0888. The molecular formula is C21H21BrN2O5. The molecule has 0 spiro atoms. The van der Waals surface area contributed by atoms with Crippen LogP contribution in [0.2, 0.25) is 0 Å². The van der Waals surface area contributed by atoms with Crippen LogP contribution in [0.1, 0.15) is 10.4 Å². The van der Waals surface area contributed by atoms with Crippen molar-refractivity contribution in [3.8, 4) is 17.2 Å². The fraction of sp³-hybridized carbons (Fsp3) is 0.333. The first-order chi connectivity index (χ1) is 14.1. The number of hydrogen-bond acceptors (Lipinski definition) is 5. The Labute approximate surface area is 177 Å². The molecule has 0 bridgehead atoms. The number of carbonyl (C=O) groups is 2. The molecule has 0 aromatic heterocycles. The molecule has 2 heterocycles. The van der Waals surface area contributed by atoms with Crippen LogP contribution < -0.4 is 14.2 Å². The van der Waals surface area contributed by atoms with Crippen molar-refractivity contribution in [1.82, 2.24) is 9.80 Å². The second-order valence-electron chi connectivity index (χ2n) is 6.83. The zero-order chi connectivity index (χ0) is 20.4. The van der Waals surface area contributed by atoms with Gasteiger partial charge in [0.15, 0.2) is 11.5 Å². The summed E-state index contributed by atoms with van der Waals surface area (Å²) in [5.74, 6) is 1.65. The molecule has 2 aliphatic rings. The molecular weight excluding hydrogens is 440 g/mol. The van der Waals surface area contributed by atoms with Crippen LogP contribution in [0.15, 0.2) is 46.9 Å². The summed E-state index contributed by atoms with van der Waals surface area (Å²) >= 11 is 3.43. The summed E-state index contributed by atoms with van der Waals surface area (Å²) in [5.41, 5.74) is 0.546. The molecule has 0 aliphatic carbocycles. The standard InChI is InChI=1S/C21H21BrN2O5/c1-27-14-6-7-16(22)15(12-14)20(25)23-8-10-24(11-9-23)21(26)19-13-28-17-4-2-3-5-18(17)29-19/h2-7,12,19H,8-11,13H2,1H3. The lowest BCUT2D eigenvalue weighted by Crippen LogP contribution is -2.55. The SMILES string of the molecule is COc1ccc(Br)c(C(=O)N2CCN(C(=O)C3COc4ccccc4O3)CC2)c1. The van der Waals surface area contributed by atoms with Crippen LogP contribution in [0.3, 0.4) is 0 Å². The molecule has 152 valence electrons. The van der Waals surface area contributed by atoms with E-state index in [0.29, 0.717) is 53.5 Å². The number of rotatable bonds is 3. The van der Waals surface area contributed by atoms with Crippen molar-refractivity contribution in [2.45, 2.75) is 6.10 Å². The van der Waals surface area contributed by atoms with Gasteiger partial charge in [0.1, 0.15) is 12.4 Å². The van der Waals surface area contributed by atoms with Gasteiger partial charge >= 0.3 is 0 Å². The lowest BCUT2D eigenvalue weighted by Gasteiger charge is -2.37. The highest BCUT2D eigenvalue weighted by Gasteiger charge is 2.33. The van der Waals surface area contributed by atoms with E-state index in [2.05, 4.69) is 15.9 Å². The number of hydrogen-bond donors (Lipinski definition) is 0. The molecule has 1 saturated heterocycles. The predicted molar refractivity (Wildman–Crippen MR) is 110 cm³/mol. The van der Waals surface area contributed by atoms with Gasteiger partial charge in [-0.2, -0.15) is 0 Å². The fourth-order valence-corrected chi connectivity index (χ4v) is 3.86. The normalized spacial score (nSPS) is 18.3. The van der Waals surface area contributed by atoms with E-state index in [0.717, 1.165) is 0 Å². The number of benzene rings is 2. The number of halogens is 1. The number of methoxy groups -OCH3 is 1. The van der Waals surface area contributed by atoms with Crippen molar-refractivity contribution in [1.29, 1.82) is 0 Å². The summed E-state index contributed by atoms with van der Waals surface area (Å²) in [6.07, 6.45) is -0.667. The molecule has 1 fully saturated rings. The lowest BCUT2D eigenvalue weighted by molar-refractivity contribution is -0.142. The maximum absolute atomic E-state index is 12.9. The van der Waals surface area contributed by atoms with Gasteiger partial charge in [0, 0.05) is 30.7 Å². The summed E-state index contributed by atoms with van der Waals surface area (Å²) in [6, 6.07) is 12.6. The second kappa shape index (κ2) is 8.32. The number of nitrogens with zero attached hydrogens (tertiary/aromatic N) is 2. The summed E-state index contributed by atoms with van der Waals surface area (Å²) in [4.78, 5) is 29.2. The summed E-state index contributed by atoms with van der Waals surface area (Å²) in [7, 11) is 1.57. The zero-order valence-electron chi connectivity index (χ0n) is 16.0. The van der Waals surface area contributed by atoms with Crippen LogP contribution in [0.25, 0.3) is 0 Å². The quantitative estimate of drug-likeness (QED) is 0.703. The van der Waals surface area contributed by atoms with E-state index in [-0.39, 0.29) is 18.4 Å². The number of para-hydroxylation sites is 2.